The maximum absolute atomic E-state index is 11.9. The van der Waals surface area contributed by atoms with E-state index in [-0.39, 0.29) is 18.4 Å². The van der Waals surface area contributed by atoms with Crippen molar-refractivity contribution in [2.75, 3.05) is 6.54 Å². The minimum Gasteiger partial charge on any atom is -0.481 e. The van der Waals surface area contributed by atoms with Crippen LogP contribution in [0.2, 0.25) is 0 Å². The van der Waals surface area contributed by atoms with Crippen LogP contribution in [0.15, 0.2) is 0 Å². The van der Waals surface area contributed by atoms with E-state index >= 15 is 0 Å². The van der Waals surface area contributed by atoms with Gasteiger partial charge in [-0.2, -0.15) is 0 Å². The number of hydrogen-bond donors (Lipinski definition) is 2. The number of rotatable bonds is 5. The third-order valence-electron chi connectivity index (χ3n) is 4.44. The van der Waals surface area contributed by atoms with Crippen molar-refractivity contribution < 1.29 is 14.7 Å². The van der Waals surface area contributed by atoms with Gasteiger partial charge in [0.25, 0.3) is 0 Å². The first-order chi connectivity index (χ1) is 8.59. The molecule has 0 spiro atoms. The minimum absolute atomic E-state index is 0.0682. The number of carbonyl (C=O) groups is 2. The molecule has 0 aromatic rings. The lowest BCUT2D eigenvalue weighted by atomic mass is 9.85. The fourth-order valence-electron chi connectivity index (χ4n) is 3.07. The van der Waals surface area contributed by atoms with Crippen LogP contribution in [0, 0.1) is 23.7 Å². The molecule has 0 heterocycles. The molecule has 2 N–H and O–H groups in total. The van der Waals surface area contributed by atoms with Gasteiger partial charge in [-0.3, -0.25) is 9.59 Å². The summed E-state index contributed by atoms with van der Waals surface area (Å²) in [6, 6.07) is 0. The van der Waals surface area contributed by atoms with Crippen molar-refractivity contribution in [1.29, 1.82) is 0 Å². The van der Waals surface area contributed by atoms with Crippen molar-refractivity contribution >= 4 is 11.9 Å². The smallest absolute Gasteiger partial charge is 0.308 e. The predicted octanol–water partition coefficient (Wildman–Crippen LogP) is 2.04. The molecule has 3 atom stereocenters. The lowest BCUT2D eigenvalue weighted by Crippen LogP contribution is -2.33. The van der Waals surface area contributed by atoms with Crippen LogP contribution in [0.4, 0.5) is 0 Å². The lowest BCUT2D eigenvalue weighted by Gasteiger charge is -2.21. The molecule has 0 bridgehead atoms. The summed E-state index contributed by atoms with van der Waals surface area (Å²) < 4.78 is 0. The van der Waals surface area contributed by atoms with Gasteiger partial charge in [-0.05, 0) is 18.3 Å². The number of aliphatic carboxylic acids is 1. The van der Waals surface area contributed by atoms with Gasteiger partial charge >= 0.3 is 5.97 Å². The van der Waals surface area contributed by atoms with Crippen molar-refractivity contribution in [1.82, 2.24) is 5.32 Å². The number of carboxylic acid groups (broad SMARTS) is 1. The Kier molecular flexibility index (Phi) is 4.25. The van der Waals surface area contributed by atoms with E-state index < -0.39 is 11.9 Å². The van der Waals surface area contributed by atoms with Crippen LogP contribution in [0.1, 0.15) is 45.4 Å². The highest BCUT2D eigenvalue weighted by Crippen LogP contribution is 2.49. The summed E-state index contributed by atoms with van der Waals surface area (Å²) in [4.78, 5) is 22.5. The zero-order valence-corrected chi connectivity index (χ0v) is 11.0. The van der Waals surface area contributed by atoms with Gasteiger partial charge < -0.3 is 10.4 Å². The number of hydrogen-bond acceptors (Lipinski definition) is 2. The zero-order valence-electron chi connectivity index (χ0n) is 11.0. The standard InChI is InChI=1S/C14H23NO3/c1-9(14(17)18)8-15-13(16)12-7-11(12)10-5-3-2-4-6-10/h9-12H,2-8H2,1H3,(H,15,16)(H,17,18). The second-order valence-corrected chi connectivity index (χ2v) is 5.89. The Labute approximate surface area is 108 Å². The van der Waals surface area contributed by atoms with Crippen molar-refractivity contribution in [3.05, 3.63) is 0 Å². The first-order valence-electron chi connectivity index (χ1n) is 7.10. The quantitative estimate of drug-likeness (QED) is 0.788. The highest BCUT2D eigenvalue weighted by atomic mass is 16.4. The molecule has 2 saturated carbocycles. The highest BCUT2D eigenvalue weighted by molar-refractivity contribution is 5.82. The number of nitrogens with one attached hydrogen (secondary N) is 1. The fourth-order valence-corrected chi connectivity index (χ4v) is 3.07. The monoisotopic (exact) mass is 253 g/mol. The molecule has 3 unspecified atom stereocenters. The largest absolute Gasteiger partial charge is 0.481 e. The molecule has 4 nitrogen and oxygen atoms in total. The van der Waals surface area contributed by atoms with Crippen LogP contribution < -0.4 is 5.32 Å². The first-order valence-corrected chi connectivity index (χ1v) is 7.10. The van der Waals surface area contributed by atoms with Gasteiger partial charge in [-0.15, -0.1) is 0 Å². The topological polar surface area (TPSA) is 66.4 Å². The molecule has 0 aliphatic heterocycles. The van der Waals surface area contributed by atoms with E-state index in [9.17, 15) is 9.59 Å². The Bertz CT molecular complexity index is 323. The third kappa shape index (κ3) is 3.24. The predicted molar refractivity (Wildman–Crippen MR) is 68.0 cm³/mol. The normalized spacial score (nSPS) is 29.6. The van der Waals surface area contributed by atoms with Crippen molar-refractivity contribution in [3.63, 3.8) is 0 Å². The average molecular weight is 253 g/mol. The number of carbonyl (C=O) groups excluding carboxylic acids is 1. The first kappa shape index (κ1) is 13.4. The van der Waals surface area contributed by atoms with Crippen LogP contribution in [0.3, 0.4) is 0 Å². The summed E-state index contributed by atoms with van der Waals surface area (Å²) in [6.07, 6.45) is 7.53. The van der Waals surface area contributed by atoms with Gasteiger partial charge in [0.1, 0.15) is 0 Å². The van der Waals surface area contributed by atoms with Crippen LogP contribution in [0.25, 0.3) is 0 Å². The fraction of sp³-hybridized carbons (Fsp3) is 0.857. The van der Waals surface area contributed by atoms with E-state index in [1.165, 1.54) is 32.1 Å². The summed E-state index contributed by atoms with van der Waals surface area (Å²) in [5, 5.41) is 11.5. The average Bonchev–Trinajstić information content (AvgIpc) is 3.16. The number of amides is 1. The van der Waals surface area contributed by atoms with Crippen molar-refractivity contribution in [2.24, 2.45) is 23.7 Å². The molecule has 0 saturated heterocycles. The Morgan fingerprint density at radius 3 is 2.56 bits per heavy atom. The zero-order chi connectivity index (χ0) is 13.1. The van der Waals surface area contributed by atoms with E-state index in [4.69, 9.17) is 5.11 Å². The summed E-state index contributed by atoms with van der Waals surface area (Å²) in [5.74, 6) is 0.195. The Morgan fingerprint density at radius 2 is 1.94 bits per heavy atom. The highest BCUT2D eigenvalue weighted by Gasteiger charge is 2.47. The maximum Gasteiger partial charge on any atom is 0.308 e. The van der Waals surface area contributed by atoms with Crippen LogP contribution in [-0.4, -0.2) is 23.5 Å². The molecular formula is C14H23NO3. The van der Waals surface area contributed by atoms with Gasteiger partial charge in [-0.1, -0.05) is 39.0 Å². The molecular weight excluding hydrogens is 230 g/mol. The Balaban J connectivity index is 1.70. The van der Waals surface area contributed by atoms with Crippen molar-refractivity contribution in [3.8, 4) is 0 Å². The SMILES string of the molecule is CC(CNC(=O)C1CC1C1CCCCC1)C(=O)O. The molecule has 0 aromatic heterocycles. The second-order valence-electron chi connectivity index (χ2n) is 5.89. The molecule has 1 amide bonds. The van der Waals surface area contributed by atoms with E-state index in [0.717, 1.165) is 12.3 Å². The summed E-state index contributed by atoms with van der Waals surface area (Å²) in [5.41, 5.74) is 0. The molecule has 2 aliphatic carbocycles. The number of carboxylic acids is 1. The van der Waals surface area contributed by atoms with E-state index in [2.05, 4.69) is 5.32 Å². The second kappa shape index (κ2) is 5.72. The summed E-state index contributed by atoms with van der Waals surface area (Å²) in [7, 11) is 0. The van der Waals surface area contributed by atoms with Crippen LogP contribution in [0.5, 0.6) is 0 Å². The van der Waals surface area contributed by atoms with Gasteiger partial charge in [0.2, 0.25) is 5.91 Å². The molecule has 2 aliphatic rings. The van der Waals surface area contributed by atoms with Crippen LogP contribution in [-0.2, 0) is 9.59 Å². The molecule has 4 heteroatoms. The summed E-state index contributed by atoms with van der Waals surface area (Å²) in [6.45, 7) is 1.87. The minimum atomic E-state index is -0.852. The lowest BCUT2D eigenvalue weighted by molar-refractivity contribution is -0.141. The summed E-state index contributed by atoms with van der Waals surface area (Å²) >= 11 is 0. The third-order valence-corrected chi connectivity index (χ3v) is 4.44. The maximum atomic E-state index is 11.9. The van der Waals surface area contributed by atoms with Crippen LogP contribution >= 0.6 is 0 Å². The Hall–Kier alpha value is -1.06. The molecule has 18 heavy (non-hydrogen) atoms. The van der Waals surface area contributed by atoms with Gasteiger partial charge in [-0.25, -0.2) is 0 Å². The van der Waals surface area contributed by atoms with Crippen molar-refractivity contribution in [2.45, 2.75) is 45.4 Å². The molecule has 2 rings (SSSR count). The van der Waals surface area contributed by atoms with Gasteiger partial charge in [0.05, 0.1) is 5.92 Å². The van der Waals surface area contributed by atoms with Gasteiger partial charge in [0.15, 0.2) is 0 Å². The van der Waals surface area contributed by atoms with E-state index in [0.29, 0.717) is 5.92 Å². The molecule has 0 radical (unpaired) electrons. The molecule has 102 valence electrons. The van der Waals surface area contributed by atoms with Gasteiger partial charge in [0, 0.05) is 12.5 Å². The van der Waals surface area contributed by atoms with E-state index in [1.54, 1.807) is 6.92 Å². The Morgan fingerprint density at radius 1 is 1.28 bits per heavy atom. The van der Waals surface area contributed by atoms with E-state index in [1.807, 2.05) is 0 Å². The molecule has 2 fully saturated rings. The molecule has 0 aromatic carbocycles.